The Kier molecular flexibility index (Phi) is 5.99. The summed E-state index contributed by atoms with van der Waals surface area (Å²) in [4.78, 5) is 13.3. The molecule has 4 nitrogen and oxygen atoms in total. The van der Waals surface area contributed by atoms with Gasteiger partial charge in [-0.2, -0.15) is 0 Å². The van der Waals surface area contributed by atoms with Crippen LogP contribution in [0.1, 0.15) is 33.3 Å². The number of nitrogens with zero attached hydrogens (tertiary/aromatic N) is 1. The molecule has 0 radical (unpaired) electrons. The van der Waals surface area contributed by atoms with Gasteiger partial charge < -0.3 is 10.4 Å². The highest BCUT2D eigenvalue weighted by Crippen LogP contribution is 2.14. The molecule has 0 aliphatic carbocycles. The van der Waals surface area contributed by atoms with Gasteiger partial charge in [-0.1, -0.05) is 12.1 Å². The first kappa shape index (κ1) is 15.7. The maximum Gasteiger partial charge on any atom is 0.221 e. The van der Waals surface area contributed by atoms with E-state index in [1.807, 2.05) is 24.3 Å². The standard InChI is InChI=1S/C15H24N2O2/c1-11(2)17(9-12(3)18)10-14-6-5-7-15(8-14)16-13(4)19/h5-8,11-12,18H,9-10H2,1-4H3,(H,16,19). The molecule has 1 aromatic carbocycles. The van der Waals surface area contributed by atoms with Crippen molar-refractivity contribution in [1.82, 2.24) is 4.90 Å². The lowest BCUT2D eigenvalue weighted by Gasteiger charge is -2.27. The second-order valence-corrected chi connectivity index (χ2v) is 5.25. The third-order valence-corrected chi connectivity index (χ3v) is 2.86. The summed E-state index contributed by atoms with van der Waals surface area (Å²) in [5.74, 6) is -0.0677. The minimum absolute atomic E-state index is 0.0677. The summed E-state index contributed by atoms with van der Waals surface area (Å²) in [7, 11) is 0. The molecule has 0 fully saturated rings. The van der Waals surface area contributed by atoms with E-state index in [-0.39, 0.29) is 12.0 Å². The molecule has 1 rings (SSSR count). The summed E-state index contributed by atoms with van der Waals surface area (Å²) in [6, 6.07) is 8.17. The molecule has 19 heavy (non-hydrogen) atoms. The third-order valence-electron chi connectivity index (χ3n) is 2.86. The Morgan fingerprint density at radius 2 is 2.05 bits per heavy atom. The van der Waals surface area contributed by atoms with E-state index in [0.29, 0.717) is 12.6 Å². The van der Waals surface area contributed by atoms with Crippen molar-refractivity contribution in [2.24, 2.45) is 0 Å². The van der Waals surface area contributed by atoms with Crippen molar-refractivity contribution in [2.75, 3.05) is 11.9 Å². The molecule has 0 heterocycles. The van der Waals surface area contributed by atoms with Gasteiger partial charge in [0.15, 0.2) is 0 Å². The molecule has 2 N–H and O–H groups in total. The van der Waals surface area contributed by atoms with Crippen molar-refractivity contribution in [3.8, 4) is 0 Å². The Morgan fingerprint density at radius 1 is 1.37 bits per heavy atom. The Morgan fingerprint density at radius 3 is 2.58 bits per heavy atom. The molecule has 0 aliphatic heterocycles. The monoisotopic (exact) mass is 264 g/mol. The molecular formula is C15H24N2O2. The molecule has 0 spiro atoms. The summed E-state index contributed by atoms with van der Waals surface area (Å²) < 4.78 is 0. The number of hydrogen-bond donors (Lipinski definition) is 2. The fourth-order valence-corrected chi connectivity index (χ4v) is 1.98. The van der Waals surface area contributed by atoms with Crippen molar-refractivity contribution in [2.45, 2.75) is 46.4 Å². The van der Waals surface area contributed by atoms with E-state index in [4.69, 9.17) is 0 Å². The van der Waals surface area contributed by atoms with Crippen molar-refractivity contribution in [1.29, 1.82) is 0 Å². The van der Waals surface area contributed by atoms with Crippen LogP contribution in [0.25, 0.3) is 0 Å². The van der Waals surface area contributed by atoms with E-state index in [9.17, 15) is 9.90 Å². The Balaban J connectivity index is 2.75. The predicted octanol–water partition coefficient (Wildman–Crippen LogP) is 2.24. The van der Waals surface area contributed by atoms with Crippen LogP contribution in [0.4, 0.5) is 5.69 Å². The van der Waals surface area contributed by atoms with Gasteiger partial charge in [-0.05, 0) is 38.5 Å². The normalized spacial score (nSPS) is 12.8. The highest BCUT2D eigenvalue weighted by atomic mass is 16.3. The van der Waals surface area contributed by atoms with E-state index in [1.165, 1.54) is 6.92 Å². The van der Waals surface area contributed by atoms with Crippen LogP contribution in [-0.2, 0) is 11.3 Å². The van der Waals surface area contributed by atoms with Crippen LogP contribution >= 0.6 is 0 Å². The molecule has 4 heteroatoms. The zero-order valence-corrected chi connectivity index (χ0v) is 12.2. The molecule has 0 saturated heterocycles. The molecule has 106 valence electrons. The summed E-state index contributed by atoms with van der Waals surface area (Å²) in [5, 5.41) is 12.3. The lowest BCUT2D eigenvalue weighted by molar-refractivity contribution is -0.114. The summed E-state index contributed by atoms with van der Waals surface area (Å²) in [5.41, 5.74) is 1.94. The van der Waals surface area contributed by atoms with Crippen molar-refractivity contribution in [3.05, 3.63) is 29.8 Å². The van der Waals surface area contributed by atoms with E-state index in [2.05, 4.69) is 24.1 Å². The summed E-state index contributed by atoms with van der Waals surface area (Å²) in [6.07, 6.45) is -0.346. The minimum Gasteiger partial charge on any atom is -0.392 e. The minimum atomic E-state index is -0.346. The molecule has 0 aliphatic rings. The molecular weight excluding hydrogens is 240 g/mol. The first-order valence-corrected chi connectivity index (χ1v) is 6.67. The van der Waals surface area contributed by atoms with Crippen LogP contribution in [0.3, 0.4) is 0 Å². The molecule has 0 aromatic heterocycles. The van der Waals surface area contributed by atoms with Gasteiger partial charge in [0.2, 0.25) is 5.91 Å². The van der Waals surface area contributed by atoms with Crippen LogP contribution in [0.15, 0.2) is 24.3 Å². The number of anilines is 1. The first-order valence-electron chi connectivity index (χ1n) is 6.67. The number of aliphatic hydroxyl groups excluding tert-OH is 1. The lowest BCUT2D eigenvalue weighted by Crippen LogP contribution is -2.36. The molecule has 0 bridgehead atoms. The maximum atomic E-state index is 11.0. The van der Waals surface area contributed by atoms with Gasteiger partial charge in [-0.15, -0.1) is 0 Å². The van der Waals surface area contributed by atoms with E-state index < -0.39 is 0 Å². The van der Waals surface area contributed by atoms with Crippen LogP contribution in [0.2, 0.25) is 0 Å². The Labute approximate surface area is 115 Å². The Hall–Kier alpha value is -1.39. The third kappa shape index (κ3) is 5.85. The number of nitrogens with one attached hydrogen (secondary N) is 1. The van der Waals surface area contributed by atoms with E-state index in [0.717, 1.165) is 17.8 Å². The van der Waals surface area contributed by atoms with Crippen molar-refractivity contribution < 1.29 is 9.90 Å². The zero-order valence-electron chi connectivity index (χ0n) is 12.2. The number of amides is 1. The van der Waals surface area contributed by atoms with Crippen molar-refractivity contribution in [3.63, 3.8) is 0 Å². The summed E-state index contributed by atoms with van der Waals surface area (Å²) >= 11 is 0. The van der Waals surface area contributed by atoms with Crippen LogP contribution in [0, 0.1) is 0 Å². The van der Waals surface area contributed by atoms with Crippen molar-refractivity contribution >= 4 is 11.6 Å². The van der Waals surface area contributed by atoms with Gasteiger partial charge in [-0.3, -0.25) is 9.69 Å². The lowest BCUT2D eigenvalue weighted by atomic mass is 10.1. The second-order valence-electron chi connectivity index (χ2n) is 5.25. The first-order chi connectivity index (χ1) is 8.88. The van der Waals surface area contributed by atoms with E-state index in [1.54, 1.807) is 6.92 Å². The average molecular weight is 264 g/mol. The SMILES string of the molecule is CC(=O)Nc1cccc(CN(CC(C)O)C(C)C)c1. The smallest absolute Gasteiger partial charge is 0.221 e. The van der Waals surface area contributed by atoms with E-state index >= 15 is 0 Å². The fraction of sp³-hybridized carbons (Fsp3) is 0.533. The maximum absolute atomic E-state index is 11.0. The highest BCUT2D eigenvalue weighted by molar-refractivity contribution is 5.88. The topological polar surface area (TPSA) is 52.6 Å². The average Bonchev–Trinajstić information content (AvgIpc) is 2.26. The number of carbonyl (C=O) groups is 1. The quantitative estimate of drug-likeness (QED) is 0.828. The number of carbonyl (C=O) groups excluding carboxylic acids is 1. The van der Waals surface area contributed by atoms with Gasteiger partial charge in [0.25, 0.3) is 0 Å². The van der Waals surface area contributed by atoms with Gasteiger partial charge in [0, 0.05) is 31.7 Å². The van der Waals surface area contributed by atoms with Crippen LogP contribution < -0.4 is 5.32 Å². The number of aliphatic hydroxyl groups is 1. The number of rotatable bonds is 6. The molecule has 0 saturated carbocycles. The predicted molar refractivity (Wildman–Crippen MR) is 78.0 cm³/mol. The van der Waals surface area contributed by atoms with Crippen LogP contribution in [0.5, 0.6) is 0 Å². The fourth-order valence-electron chi connectivity index (χ4n) is 1.98. The van der Waals surface area contributed by atoms with Crippen LogP contribution in [-0.4, -0.2) is 34.6 Å². The van der Waals surface area contributed by atoms with Gasteiger partial charge in [0.05, 0.1) is 6.10 Å². The number of hydrogen-bond acceptors (Lipinski definition) is 3. The number of benzene rings is 1. The molecule has 1 atom stereocenters. The molecule has 1 unspecified atom stereocenters. The zero-order chi connectivity index (χ0) is 14.4. The molecule has 1 aromatic rings. The van der Waals surface area contributed by atoms with Gasteiger partial charge >= 0.3 is 0 Å². The largest absolute Gasteiger partial charge is 0.392 e. The summed E-state index contributed by atoms with van der Waals surface area (Å²) in [6.45, 7) is 8.92. The van der Waals surface area contributed by atoms with Gasteiger partial charge in [-0.25, -0.2) is 0 Å². The second kappa shape index (κ2) is 7.26. The van der Waals surface area contributed by atoms with Gasteiger partial charge in [0.1, 0.15) is 0 Å². The highest BCUT2D eigenvalue weighted by Gasteiger charge is 2.12. The Bertz CT molecular complexity index is 416. The molecule has 1 amide bonds.